The first-order valence-corrected chi connectivity index (χ1v) is 7.29. The van der Waals surface area contributed by atoms with Gasteiger partial charge in [-0.3, -0.25) is 0 Å². The van der Waals surface area contributed by atoms with Gasteiger partial charge in [0.15, 0.2) is 0 Å². The van der Waals surface area contributed by atoms with Crippen molar-refractivity contribution < 1.29 is 0 Å². The summed E-state index contributed by atoms with van der Waals surface area (Å²) in [7, 11) is 0. The standard InChI is InChI=1S/C15H18N2S/c1-15(2)7-11-5-3-4-6-13(11)14(15)16-8-12-9-18-10-17-12/h3-6,9-10,14,16H,7-8H2,1-2H3. The number of benzene rings is 1. The van der Waals surface area contributed by atoms with Crippen LogP contribution in [0.5, 0.6) is 0 Å². The van der Waals surface area contributed by atoms with E-state index in [4.69, 9.17) is 0 Å². The van der Waals surface area contributed by atoms with Crippen LogP contribution in [-0.2, 0) is 13.0 Å². The molecule has 18 heavy (non-hydrogen) atoms. The molecule has 0 fully saturated rings. The molecule has 94 valence electrons. The summed E-state index contributed by atoms with van der Waals surface area (Å²) in [5.74, 6) is 0. The Hall–Kier alpha value is -1.19. The van der Waals surface area contributed by atoms with Gasteiger partial charge in [0.2, 0.25) is 0 Å². The molecule has 1 heterocycles. The highest BCUT2D eigenvalue weighted by molar-refractivity contribution is 7.07. The molecular weight excluding hydrogens is 240 g/mol. The number of rotatable bonds is 3. The lowest BCUT2D eigenvalue weighted by Crippen LogP contribution is -2.30. The van der Waals surface area contributed by atoms with Gasteiger partial charge in [0.25, 0.3) is 0 Å². The molecule has 2 nitrogen and oxygen atoms in total. The highest BCUT2D eigenvalue weighted by Gasteiger charge is 2.38. The predicted octanol–water partition coefficient (Wildman–Crippen LogP) is 3.56. The van der Waals surface area contributed by atoms with Crippen molar-refractivity contribution in [1.29, 1.82) is 0 Å². The topological polar surface area (TPSA) is 24.9 Å². The van der Waals surface area contributed by atoms with Gasteiger partial charge in [0, 0.05) is 18.0 Å². The number of hydrogen-bond donors (Lipinski definition) is 1. The molecule has 0 bridgehead atoms. The van der Waals surface area contributed by atoms with Crippen LogP contribution in [0.4, 0.5) is 0 Å². The zero-order chi connectivity index (χ0) is 12.6. The van der Waals surface area contributed by atoms with Crippen LogP contribution in [0.15, 0.2) is 35.2 Å². The van der Waals surface area contributed by atoms with Crippen molar-refractivity contribution in [2.75, 3.05) is 0 Å². The molecule has 3 heteroatoms. The van der Waals surface area contributed by atoms with Crippen LogP contribution < -0.4 is 5.32 Å². The molecule has 0 spiro atoms. The van der Waals surface area contributed by atoms with Crippen LogP contribution in [-0.4, -0.2) is 4.98 Å². The summed E-state index contributed by atoms with van der Waals surface area (Å²) in [6, 6.07) is 9.20. The van der Waals surface area contributed by atoms with Crippen molar-refractivity contribution in [1.82, 2.24) is 10.3 Å². The molecule has 1 aliphatic carbocycles. The minimum absolute atomic E-state index is 0.277. The van der Waals surface area contributed by atoms with Gasteiger partial charge >= 0.3 is 0 Å². The molecule has 0 aliphatic heterocycles. The van der Waals surface area contributed by atoms with Crippen molar-refractivity contribution >= 4 is 11.3 Å². The van der Waals surface area contributed by atoms with Gasteiger partial charge in [-0.1, -0.05) is 38.1 Å². The summed E-state index contributed by atoms with van der Waals surface area (Å²) in [5.41, 5.74) is 6.25. The maximum Gasteiger partial charge on any atom is 0.0795 e. The summed E-state index contributed by atoms with van der Waals surface area (Å²) in [5, 5.41) is 5.79. The predicted molar refractivity (Wildman–Crippen MR) is 75.6 cm³/mol. The van der Waals surface area contributed by atoms with Crippen LogP contribution in [0.1, 0.15) is 36.7 Å². The Bertz CT molecular complexity index is 531. The van der Waals surface area contributed by atoms with E-state index in [2.05, 4.69) is 53.8 Å². The van der Waals surface area contributed by atoms with Crippen molar-refractivity contribution in [3.63, 3.8) is 0 Å². The molecule has 0 amide bonds. The molecule has 0 radical (unpaired) electrons. The second-order valence-electron chi connectivity index (χ2n) is 5.66. The Morgan fingerprint density at radius 3 is 3.00 bits per heavy atom. The third-order valence-corrected chi connectivity index (χ3v) is 4.40. The lowest BCUT2D eigenvalue weighted by atomic mass is 9.85. The highest BCUT2D eigenvalue weighted by atomic mass is 32.1. The first kappa shape index (κ1) is 11.9. The average Bonchev–Trinajstić information content (AvgIpc) is 2.91. The van der Waals surface area contributed by atoms with E-state index in [1.165, 1.54) is 11.1 Å². The SMILES string of the molecule is CC1(C)Cc2ccccc2C1NCc1cscn1. The molecule has 0 saturated heterocycles. The van der Waals surface area contributed by atoms with Crippen molar-refractivity contribution in [3.05, 3.63) is 52.0 Å². The first-order valence-electron chi connectivity index (χ1n) is 6.35. The van der Waals surface area contributed by atoms with Gasteiger partial charge in [0.05, 0.1) is 11.2 Å². The van der Waals surface area contributed by atoms with Crippen LogP contribution in [0.3, 0.4) is 0 Å². The summed E-state index contributed by atoms with van der Waals surface area (Å²) in [6.45, 7) is 5.53. The number of nitrogens with one attached hydrogen (secondary N) is 1. The van der Waals surface area contributed by atoms with Crippen molar-refractivity contribution in [2.24, 2.45) is 5.41 Å². The maximum absolute atomic E-state index is 4.34. The fourth-order valence-electron chi connectivity index (χ4n) is 2.91. The molecule has 1 aliphatic rings. The third kappa shape index (κ3) is 2.08. The third-order valence-electron chi connectivity index (χ3n) is 3.76. The van der Waals surface area contributed by atoms with E-state index < -0.39 is 0 Å². The van der Waals surface area contributed by atoms with E-state index >= 15 is 0 Å². The van der Waals surface area contributed by atoms with Crippen LogP contribution in [0.2, 0.25) is 0 Å². The molecule has 2 aromatic rings. The van der Waals surface area contributed by atoms with Gasteiger partial charge in [-0.2, -0.15) is 0 Å². The lowest BCUT2D eigenvalue weighted by Gasteiger charge is -2.28. The molecule has 1 aromatic heterocycles. The zero-order valence-electron chi connectivity index (χ0n) is 10.8. The van der Waals surface area contributed by atoms with E-state index in [-0.39, 0.29) is 5.41 Å². The Morgan fingerprint density at radius 1 is 1.39 bits per heavy atom. The fourth-order valence-corrected chi connectivity index (χ4v) is 3.47. The minimum atomic E-state index is 0.277. The van der Waals surface area contributed by atoms with Crippen molar-refractivity contribution in [2.45, 2.75) is 32.9 Å². The second kappa shape index (κ2) is 4.48. The molecule has 1 unspecified atom stereocenters. The Morgan fingerprint density at radius 2 is 2.22 bits per heavy atom. The van der Waals surface area contributed by atoms with E-state index in [0.717, 1.165) is 18.7 Å². The van der Waals surface area contributed by atoms with E-state index in [1.54, 1.807) is 11.3 Å². The van der Waals surface area contributed by atoms with Gasteiger partial charge in [-0.15, -0.1) is 11.3 Å². The van der Waals surface area contributed by atoms with Gasteiger partial charge in [-0.25, -0.2) is 4.98 Å². The molecule has 3 rings (SSSR count). The largest absolute Gasteiger partial charge is 0.304 e. The Kier molecular flexibility index (Phi) is 2.96. The quantitative estimate of drug-likeness (QED) is 0.910. The lowest BCUT2D eigenvalue weighted by molar-refractivity contribution is 0.267. The van der Waals surface area contributed by atoms with Crippen LogP contribution in [0.25, 0.3) is 0 Å². The maximum atomic E-state index is 4.34. The summed E-state index contributed by atoms with van der Waals surface area (Å²) in [6.07, 6.45) is 1.15. The molecule has 1 N–H and O–H groups in total. The number of hydrogen-bond acceptors (Lipinski definition) is 3. The Labute approximate surface area is 112 Å². The zero-order valence-corrected chi connectivity index (χ0v) is 11.6. The smallest absolute Gasteiger partial charge is 0.0795 e. The second-order valence-corrected chi connectivity index (χ2v) is 6.38. The normalized spacial score (nSPS) is 20.9. The summed E-state index contributed by atoms with van der Waals surface area (Å²) < 4.78 is 0. The Balaban J connectivity index is 1.81. The minimum Gasteiger partial charge on any atom is -0.304 e. The van der Waals surface area contributed by atoms with E-state index in [0.29, 0.717) is 6.04 Å². The fraction of sp³-hybridized carbons (Fsp3) is 0.400. The van der Waals surface area contributed by atoms with Crippen LogP contribution >= 0.6 is 11.3 Å². The summed E-state index contributed by atoms with van der Waals surface area (Å²) >= 11 is 1.66. The number of thiazole rings is 1. The van der Waals surface area contributed by atoms with E-state index in [1.807, 2.05) is 5.51 Å². The van der Waals surface area contributed by atoms with E-state index in [9.17, 15) is 0 Å². The number of aromatic nitrogens is 1. The molecule has 1 atom stereocenters. The molecular formula is C15H18N2S. The van der Waals surface area contributed by atoms with Crippen LogP contribution in [0, 0.1) is 5.41 Å². The monoisotopic (exact) mass is 258 g/mol. The number of nitrogens with zero attached hydrogens (tertiary/aromatic N) is 1. The average molecular weight is 258 g/mol. The van der Waals surface area contributed by atoms with Gasteiger partial charge in [-0.05, 0) is 23.0 Å². The number of fused-ring (bicyclic) bond motifs is 1. The first-order chi connectivity index (χ1) is 8.67. The molecule has 1 aromatic carbocycles. The van der Waals surface area contributed by atoms with Crippen molar-refractivity contribution in [3.8, 4) is 0 Å². The van der Waals surface area contributed by atoms with Gasteiger partial charge in [0.1, 0.15) is 0 Å². The summed E-state index contributed by atoms with van der Waals surface area (Å²) in [4.78, 5) is 4.34. The highest BCUT2D eigenvalue weighted by Crippen LogP contribution is 2.44. The van der Waals surface area contributed by atoms with Gasteiger partial charge < -0.3 is 5.32 Å². The molecule has 0 saturated carbocycles.